The molecule has 25 heavy (non-hydrogen) atoms. The van der Waals surface area contributed by atoms with Gasteiger partial charge in [0.1, 0.15) is 6.61 Å². The predicted octanol–water partition coefficient (Wildman–Crippen LogP) is 5.32. The Balaban J connectivity index is 2.29. The molecule has 0 N–H and O–H groups in total. The van der Waals surface area contributed by atoms with E-state index < -0.39 is 8.32 Å². The molecule has 1 saturated heterocycles. The minimum Gasteiger partial charge on any atom is -0.532 e. The van der Waals surface area contributed by atoms with Crippen LogP contribution >= 0.6 is 0 Å². The fourth-order valence-corrected chi connectivity index (χ4v) is 3.78. The van der Waals surface area contributed by atoms with Crippen molar-refractivity contribution < 1.29 is 14.0 Å². The number of carbonyl (C=O) groups excluding carboxylic acids is 1. The summed E-state index contributed by atoms with van der Waals surface area (Å²) in [4.78, 5) is 14.2. The molecule has 1 atom stereocenters. The highest BCUT2D eigenvalue weighted by atomic mass is 28.4. The summed E-state index contributed by atoms with van der Waals surface area (Å²) < 4.78 is 11.8. The van der Waals surface area contributed by atoms with Crippen LogP contribution in [0.1, 0.15) is 38.7 Å². The maximum atomic E-state index is 12.5. The van der Waals surface area contributed by atoms with Crippen LogP contribution in [0.15, 0.2) is 41.8 Å². The van der Waals surface area contributed by atoms with Crippen LogP contribution in [0, 0.1) is 0 Å². The first-order valence-corrected chi connectivity index (χ1v) is 12.6. The van der Waals surface area contributed by atoms with E-state index in [9.17, 15) is 4.79 Å². The first-order chi connectivity index (χ1) is 11.8. The van der Waals surface area contributed by atoms with E-state index in [0.29, 0.717) is 6.61 Å². The quantitative estimate of drug-likeness (QED) is 0.464. The predicted molar refractivity (Wildman–Crippen MR) is 104 cm³/mol. The fraction of sp³-hybridized carbons (Fsp3) is 0.550. The van der Waals surface area contributed by atoms with Gasteiger partial charge in [-0.1, -0.05) is 43.7 Å². The highest BCUT2D eigenvalue weighted by Crippen LogP contribution is 2.29. The Bertz CT molecular complexity index is 607. The second-order valence-electron chi connectivity index (χ2n) is 7.69. The van der Waals surface area contributed by atoms with Crippen molar-refractivity contribution in [2.24, 2.45) is 0 Å². The van der Waals surface area contributed by atoms with Crippen LogP contribution in [0.25, 0.3) is 0 Å². The molecule has 0 unspecified atom stereocenters. The second kappa shape index (κ2) is 8.56. The average Bonchev–Trinajstić information content (AvgIpc) is 2.91. The molecule has 0 radical (unpaired) electrons. The monoisotopic (exact) mass is 361 g/mol. The number of amides is 1. The number of hydrogen-bond acceptors (Lipinski definition) is 3. The molecule has 0 aromatic heterocycles. The van der Waals surface area contributed by atoms with E-state index in [4.69, 9.17) is 9.16 Å². The van der Waals surface area contributed by atoms with Gasteiger partial charge < -0.3 is 9.16 Å². The summed E-state index contributed by atoms with van der Waals surface area (Å²) in [5, 5.41) is 0. The van der Waals surface area contributed by atoms with Crippen molar-refractivity contribution in [3.05, 3.63) is 47.4 Å². The molecule has 0 saturated carbocycles. The molecule has 1 aliphatic heterocycles. The Hall–Kier alpha value is -1.75. The fourth-order valence-electron chi connectivity index (χ4n) is 2.93. The highest BCUT2D eigenvalue weighted by molar-refractivity contribution is 6.70. The highest BCUT2D eigenvalue weighted by Gasteiger charge is 2.38. The standard InChI is InChI=1S/C20H31NO3Si/c1-6-7-11-16(2)19(24-25(3,4)5)21-18(15-23-20(21)22)14-17-12-9-8-10-13-17/h8-10,12-13,18H,6-7,11,14-15H2,1-5H3/b19-16+/t18-/m0/s1. The van der Waals surface area contributed by atoms with Crippen molar-refractivity contribution >= 4 is 14.4 Å². The van der Waals surface area contributed by atoms with Gasteiger partial charge in [0, 0.05) is 0 Å². The van der Waals surface area contributed by atoms with Crippen LogP contribution in [0.5, 0.6) is 0 Å². The lowest BCUT2D eigenvalue weighted by molar-refractivity contribution is 0.150. The molecule has 1 aliphatic rings. The van der Waals surface area contributed by atoms with Gasteiger partial charge in [-0.15, -0.1) is 0 Å². The zero-order valence-electron chi connectivity index (χ0n) is 16.2. The first kappa shape index (κ1) is 19.6. The van der Waals surface area contributed by atoms with E-state index in [1.807, 2.05) is 18.2 Å². The van der Waals surface area contributed by atoms with Gasteiger partial charge in [0.05, 0.1) is 6.04 Å². The molecule has 0 bridgehead atoms. The van der Waals surface area contributed by atoms with E-state index >= 15 is 0 Å². The van der Waals surface area contributed by atoms with Crippen molar-refractivity contribution in [2.75, 3.05) is 6.61 Å². The van der Waals surface area contributed by atoms with E-state index in [0.717, 1.165) is 37.1 Å². The van der Waals surface area contributed by atoms with Gasteiger partial charge in [0.2, 0.25) is 8.32 Å². The van der Waals surface area contributed by atoms with Crippen LogP contribution in [0.3, 0.4) is 0 Å². The Morgan fingerprint density at radius 3 is 2.56 bits per heavy atom. The summed E-state index contributed by atoms with van der Waals surface area (Å²) in [6.45, 7) is 11.1. The minimum atomic E-state index is -1.85. The number of carbonyl (C=O) groups is 1. The van der Waals surface area contributed by atoms with Crippen LogP contribution in [-0.4, -0.2) is 32.0 Å². The zero-order chi connectivity index (χ0) is 18.4. The Morgan fingerprint density at radius 2 is 1.96 bits per heavy atom. The van der Waals surface area contributed by atoms with Crippen molar-refractivity contribution in [1.29, 1.82) is 0 Å². The second-order valence-corrected chi connectivity index (χ2v) is 12.1. The third kappa shape index (κ3) is 5.63. The minimum absolute atomic E-state index is 0.0159. The van der Waals surface area contributed by atoms with E-state index in [2.05, 4.69) is 45.6 Å². The number of hydrogen-bond donors (Lipinski definition) is 0. The van der Waals surface area contributed by atoms with Crippen molar-refractivity contribution in [3.8, 4) is 0 Å². The van der Waals surface area contributed by atoms with Gasteiger partial charge in [-0.05, 0) is 57.0 Å². The van der Waals surface area contributed by atoms with Crippen molar-refractivity contribution in [2.45, 2.75) is 65.2 Å². The summed E-state index contributed by atoms with van der Waals surface area (Å²) in [5.74, 6) is 0.732. The number of rotatable bonds is 8. The number of nitrogens with zero attached hydrogens (tertiary/aromatic N) is 1. The number of unbranched alkanes of at least 4 members (excludes halogenated alkanes) is 1. The zero-order valence-corrected chi connectivity index (χ0v) is 17.2. The van der Waals surface area contributed by atoms with Crippen LogP contribution < -0.4 is 0 Å². The molecule has 0 spiro atoms. The SMILES string of the molecule is CCCC/C(C)=C(/O[Si](C)(C)C)N1C(=O)OC[C@@H]1Cc1ccccc1. The number of benzene rings is 1. The van der Waals surface area contributed by atoms with Crippen LogP contribution in [0.4, 0.5) is 4.79 Å². The first-order valence-electron chi connectivity index (χ1n) is 9.20. The average molecular weight is 362 g/mol. The lowest BCUT2D eigenvalue weighted by atomic mass is 10.1. The molecule has 1 fully saturated rings. The topological polar surface area (TPSA) is 38.8 Å². The van der Waals surface area contributed by atoms with Gasteiger partial charge in [-0.2, -0.15) is 0 Å². The molecule has 1 amide bonds. The molecule has 1 aromatic rings. The maximum absolute atomic E-state index is 12.5. The van der Waals surface area contributed by atoms with Gasteiger partial charge in [0.25, 0.3) is 0 Å². The van der Waals surface area contributed by atoms with Gasteiger partial charge in [-0.3, -0.25) is 0 Å². The Morgan fingerprint density at radius 1 is 1.28 bits per heavy atom. The largest absolute Gasteiger partial charge is 0.532 e. The normalized spacial score (nSPS) is 18.8. The smallest absolute Gasteiger partial charge is 0.417 e. The Labute approximate surface area is 152 Å². The molecule has 4 nitrogen and oxygen atoms in total. The van der Waals surface area contributed by atoms with E-state index in [-0.39, 0.29) is 12.1 Å². The summed E-state index contributed by atoms with van der Waals surface area (Å²) in [6, 6.07) is 10.2. The summed E-state index contributed by atoms with van der Waals surface area (Å²) in [7, 11) is -1.85. The third-order valence-corrected chi connectivity index (χ3v) is 4.97. The van der Waals surface area contributed by atoms with E-state index in [1.165, 1.54) is 5.56 Å². The van der Waals surface area contributed by atoms with Gasteiger partial charge >= 0.3 is 6.09 Å². The number of allylic oxidation sites excluding steroid dienone is 1. The summed E-state index contributed by atoms with van der Waals surface area (Å²) >= 11 is 0. The molecular formula is C20H31NO3Si. The Kier molecular flexibility index (Phi) is 6.70. The third-order valence-electron chi connectivity index (χ3n) is 4.17. The van der Waals surface area contributed by atoms with Gasteiger partial charge in [-0.25, -0.2) is 9.69 Å². The summed E-state index contributed by atoms with van der Waals surface area (Å²) in [6.07, 6.45) is 3.64. The maximum Gasteiger partial charge on any atom is 0.417 e. The lowest BCUT2D eigenvalue weighted by Crippen LogP contribution is -2.40. The molecule has 1 heterocycles. The molecule has 0 aliphatic carbocycles. The number of ether oxygens (including phenoxy) is 1. The van der Waals surface area contributed by atoms with Crippen molar-refractivity contribution in [3.63, 3.8) is 0 Å². The van der Waals surface area contributed by atoms with Crippen LogP contribution in [0.2, 0.25) is 19.6 Å². The molecule has 2 rings (SSSR count). The number of cyclic esters (lactones) is 1. The van der Waals surface area contributed by atoms with E-state index in [1.54, 1.807) is 4.90 Å². The molecule has 1 aromatic carbocycles. The molecule has 5 heteroatoms. The summed E-state index contributed by atoms with van der Waals surface area (Å²) in [5.41, 5.74) is 2.34. The molecule has 138 valence electrons. The van der Waals surface area contributed by atoms with Gasteiger partial charge in [0.15, 0.2) is 5.88 Å². The van der Waals surface area contributed by atoms with Crippen LogP contribution in [-0.2, 0) is 15.6 Å². The molecular weight excluding hydrogens is 330 g/mol. The lowest BCUT2D eigenvalue weighted by Gasteiger charge is -2.31. The van der Waals surface area contributed by atoms with Crippen molar-refractivity contribution in [1.82, 2.24) is 4.90 Å².